The first-order valence-electron chi connectivity index (χ1n) is 10.2. The number of rotatable bonds is 4. The molecule has 2 aliphatic heterocycles. The topological polar surface area (TPSA) is 72.7 Å². The number of thiazole rings is 1. The quantitative estimate of drug-likeness (QED) is 0.590. The van der Waals surface area contributed by atoms with Crippen molar-refractivity contribution in [1.82, 2.24) is 14.8 Å². The summed E-state index contributed by atoms with van der Waals surface area (Å²) < 4.78 is 6.09. The minimum absolute atomic E-state index is 0.0147. The van der Waals surface area contributed by atoms with Gasteiger partial charge in [-0.25, -0.2) is 4.98 Å². The van der Waals surface area contributed by atoms with Crippen LogP contribution in [0.3, 0.4) is 0 Å². The number of piperazine rings is 2. The number of nitrogens with zero attached hydrogens (tertiary/aromatic N) is 5. The average molecular weight is 432 g/mol. The van der Waals surface area contributed by atoms with E-state index in [1.807, 2.05) is 54.6 Å². The summed E-state index contributed by atoms with van der Waals surface area (Å²) in [6.07, 6.45) is 3.97. The van der Waals surface area contributed by atoms with Gasteiger partial charge in [-0.15, -0.1) is 0 Å². The molecule has 156 valence electrons. The van der Waals surface area contributed by atoms with E-state index in [1.54, 1.807) is 16.0 Å². The van der Waals surface area contributed by atoms with Gasteiger partial charge in [0.25, 0.3) is 0 Å². The van der Waals surface area contributed by atoms with Crippen molar-refractivity contribution in [1.29, 1.82) is 5.26 Å². The van der Waals surface area contributed by atoms with Crippen LogP contribution < -0.4 is 9.64 Å². The Labute approximate surface area is 184 Å². The second-order valence-electron chi connectivity index (χ2n) is 7.51. The lowest BCUT2D eigenvalue weighted by Gasteiger charge is -2.44. The summed E-state index contributed by atoms with van der Waals surface area (Å²) in [5.74, 6) is 1.53. The van der Waals surface area contributed by atoms with E-state index in [1.165, 1.54) is 11.3 Å². The molecule has 5 rings (SSSR count). The molecule has 31 heavy (non-hydrogen) atoms. The van der Waals surface area contributed by atoms with Crippen LogP contribution in [0.15, 0.2) is 60.8 Å². The van der Waals surface area contributed by atoms with Crippen LogP contribution in [0, 0.1) is 11.5 Å². The van der Waals surface area contributed by atoms with Gasteiger partial charge in [-0.05, 0) is 24.3 Å². The van der Waals surface area contributed by atoms with E-state index in [0.717, 1.165) is 35.0 Å². The van der Waals surface area contributed by atoms with Crippen molar-refractivity contribution < 1.29 is 9.53 Å². The van der Waals surface area contributed by atoms with Crippen molar-refractivity contribution in [2.24, 2.45) is 0 Å². The van der Waals surface area contributed by atoms with Crippen LogP contribution in [0.4, 0.5) is 5.13 Å². The van der Waals surface area contributed by atoms with Crippen LogP contribution in [0.2, 0.25) is 0 Å². The zero-order valence-electron chi connectivity index (χ0n) is 16.8. The smallest absolute Gasteiger partial charge is 0.248 e. The van der Waals surface area contributed by atoms with Crippen molar-refractivity contribution in [3.05, 3.63) is 60.8 Å². The van der Waals surface area contributed by atoms with Crippen LogP contribution in [-0.4, -0.2) is 59.5 Å². The number of ether oxygens (including phenoxy) is 1. The molecule has 1 unspecified atom stereocenters. The standard InChI is InChI=1S/C23H21N5O2S/c24-16-26-10-11-27-12-13-28(22(29)19(27)15-26)23-25-14-21(31-23)18-8-4-5-9-20(18)30-17-6-2-1-3-7-17/h1-9,14,19H,10-13,15H2. The molecule has 2 saturated heterocycles. The predicted molar refractivity (Wildman–Crippen MR) is 119 cm³/mol. The van der Waals surface area contributed by atoms with E-state index in [2.05, 4.69) is 16.1 Å². The van der Waals surface area contributed by atoms with Gasteiger partial charge in [-0.3, -0.25) is 14.6 Å². The molecule has 0 aliphatic carbocycles. The number of fused-ring (bicyclic) bond motifs is 1. The molecule has 2 aromatic carbocycles. The van der Waals surface area contributed by atoms with Crippen LogP contribution >= 0.6 is 11.3 Å². The molecule has 0 bridgehead atoms. The van der Waals surface area contributed by atoms with Gasteiger partial charge < -0.3 is 9.64 Å². The fraction of sp³-hybridized carbons (Fsp3) is 0.261. The lowest BCUT2D eigenvalue weighted by atomic mass is 10.1. The van der Waals surface area contributed by atoms with E-state index in [-0.39, 0.29) is 11.9 Å². The Balaban J connectivity index is 1.39. The number of carbonyl (C=O) groups is 1. The van der Waals surface area contributed by atoms with Crippen molar-refractivity contribution >= 4 is 22.4 Å². The second kappa shape index (κ2) is 8.38. The summed E-state index contributed by atoms with van der Waals surface area (Å²) in [6, 6.07) is 17.2. The minimum Gasteiger partial charge on any atom is -0.457 e. The maximum absolute atomic E-state index is 13.2. The van der Waals surface area contributed by atoms with E-state index < -0.39 is 0 Å². The molecule has 0 radical (unpaired) electrons. The highest BCUT2D eigenvalue weighted by Gasteiger charge is 2.39. The molecule has 0 saturated carbocycles. The largest absolute Gasteiger partial charge is 0.457 e. The Hall–Kier alpha value is -3.41. The zero-order chi connectivity index (χ0) is 21.2. The Morgan fingerprint density at radius 2 is 1.81 bits per heavy atom. The SMILES string of the molecule is N#CN1CCN2CCN(c3ncc(-c4ccccc4Oc4ccccc4)s3)C(=O)C2C1. The maximum Gasteiger partial charge on any atom is 0.248 e. The molecule has 1 aromatic heterocycles. The van der Waals surface area contributed by atoms with Crippen molar-refractivity contribution in [3.63, 3.8) is 0 Å². The Bertz CT molecular complexity index is 1130. The molecule has 7 nitrogen and oxygen atoms in total. The Kier molecular flexibility index (Phi) is 5.28. The molecular weight excluding hydrogens is 410 g/mol. The van der Waals surface area contributed by atoms with Crippen molar-refractivity contribution in [2.75, 3.05) is 37.6 Å². The number of carbonyl (C=O) groups excluding carboxylic acids is 1. The van der Waals surface area contributed by atoms with Crippen molar-refractivity contribution in [3.8, 4) is 28.1 Å². The number of hydrogen-bond donors (Lipinski definition) is 0. The summed E-state index contributed by atoms with van der Waals surface area (Å²) in [5.41, 5.74) is 0.939. The third-order valence-corrected chi connectivity index (χ3v) is 6.70. The number of amides is 1. The third-order valence-electron chi connectivity index (χ3n) is 5.64. The van der Waals surface area contributed by atoms with Crippen molar-refractivity contribution in [2.45, 2.75) is 6.04 Å². The highest BCUT2D eigenvalue weighted by atomic mass is 32.1. The van der Waals surface area contributed by atoms with Crippen LogP contribution in [0.25, 0.3) is 10.4 Å². The fourth-order valence-electron chi connectivity index (χ4n) is 4.01. The molecular formula is C23H21N5O2S. The van der Waals surface area contributed by atoms with Gasteiger partial charge in [-0.2, -0.15) is 5.26 Å². The van der Waals surface area contributed by atoms with E-state index in [4.69, 9.17) is 4.74 Å². The minimum atomic E-state index is -0.289. The summed E-state index contributed by atoms with van der Waals surface area (Å²) in [4.78, 5) is 24.3. The van der Waals surface area contributed by atoms with E-state index in [0.29, 0.717) is 24.8 Å². The normalized spacial score (nSPS) is 19.1. The number of benzene rings is 2. The first kappa shape index (κ1) is 19.5. The first-order valence-corrected chi connectivity index (χ1v) is 11.0. The van der Waals surface area contributed by atoms with Crippen LogP contribution in [-0.2, 0) is 4.79 Å². The molecule has 2 aliphatic rings. The van der Waals surface area contributed by atoms with Gasteiger partial charge in [0.05, 0.1) is 11.4 Å². The zero-order valence-corrected chi connectivity index (χ0v) is 17.7. The molecule has 3 aromatic rings. The number of hydrogen-bond acceptors (Lipinski definition) is 7. The van der Waals surface area contributed by atoms with E-state index >= 15 is 0 Å². The molecule has 0 N–H and O–H groups in total. The summed E-state index contributed by atoms with van der Waals surface area (Å²) in [5, 5.41) is 9.91. The summed E-state index contributed by atoms with van der Waals surface area (Å²) in [7, 11) is 0. The molecule has 3 heterocycles. The van der Waals surface area contributed by atoms with Gasteiger partial charge in [0, 0.05) is 37.9 Å². The summed E-state index contributed by atoms with van der Waals surface area (Å²) >= 11 is 1.48. The lowest BCUT2D eigenvalue weighted by molar-refractivity contribution is -0.127. The van der Waals surface area contributed by atoms with Crippen LogP contribution in [0.1, 0.15) is 0 Å². The van der Waals surface area contributed by atoms with Gasteiger partial charge in [0.2, 0.25) is 5.91 Å². The number of para-hydroxylation sites is 2. The second-order valence-corrected chi connectivity index (χ2v) is 8.52. The average Bonchev–Trinajstić information content (AvgIpc) is 3.30. The Morgan fingerprint density at radius 1 is 1.03 bits per heavy atom. The maximum atomic E-state index is 13.2. The number of nitriles is 1. The first-order chi connectivity index (χ1) is 15.2. The monoisotopic (exact) mass is 431 g/mol. The van der Waals surface area contributed by atoms with Crippen LogP contribution in [0.5, 0.6) is 11.5 Å². The third kappa shape index (κ3) is 3.85. The highest BCUT2D eigenvalue weighted by Crippen LogP contribution is 2.39. The number of aromatic nitrogens is 1. The fourth-order valence-corrected chi connectivity index (χ4v) is 4.99. The van der Waals surface area contributed by atoms with Gasteiger partial charge >= 0.3 is 0 Å². The molecule has 1 amide bonds. The van der Waals surface area contributed by atoms with Gasteiger partial charge in [0.15, 0.2) is 11.3 Å². The molecule has 8 heteroatoms. The predicted octanol–water partition coefficient (Wildman–Crippen LogP) is 3.42. The highest BCUT2D eigenvalue weighted by molar-refractivity contribution is 7.19. The summed E-state index contributed by atoms with van der Waals surface area (Å²) in [6.45, 7) is 3.26. The van der Waals surface area contributed by atoms with Gasteiger partial charge in [0.1, 0.15) is 17.5 Å². The molecule has 2 fully saturated rings. The van der Waals surface area contributed by atoms with Gasteiger partial charge in [-0.1, -0.05) is 41.7 Å². The molecule has 0 spiro atoms. The lowest BCUT2D eigenvalue weighted by Crippen LogP contribution is -2.64. The van der Waals surface area contributed by atoms with E-state index in [9.17, 15) is 10.1 Å². The molecule has 1 atom stereocenters. The number of anilines is 1. The Morgan fingerprint density at radius 3 is 2.65 bits per heavy atom.